The Morgan fingerprint density at radius 1 is 0.360 bits per heavy atom. The summed E-state index contributed by atoms with van der Waals surface area (Å²) in [5, 5.41) is 0. The molecule has 50 heavy (non-hydrogen) atoms. The summed E-state index contributed by atoms with van der Waals surface area (Å²) in [6, 6.07) is 66.4. The van der Waals surface area contributed by atoms with Gasteiger partial charge in [-0.05, 0) is 45.5 Å². The number of hydrogen-bond donors (Lipinski definition) is 0. The summed E-state index contributed by atoms with van der Waals surface area (Å²) >= 11 is 1.86. The summed E-state index contributed by atoms with van der Waals surface area (Å²) in [4.78, 5) is 17.5. The predicted octanol–water partition coefficient (Wildman–Crippen LogP) is 11.4. The van der Waals surface area contributed by atoms with Crippen LogP contribution < -0.4 is 0 Å². The van der Waals surface area contributed by atoms with E-state index in [9.17, 15) is 0 Å². The van der Waals surface area contributed by atoms with Crippen LogP contribution in [0.4, 0.5) is 0 Å². The molecule has 0 atom stereocenters. The lowest BCUT2D eigenvalue weighted by Crippen LogP contribution is -2.34. The molecular weight excluding hydrogens is 627 g/mol. The highest BCUT2D eigenvalue weighted by Gasteiger charge is 2.44. The molecule has 3 nitrogen and oxygen atoms in total. The van der Waals surface area contributed by atoms with E-state index in [4.69, 9.17) is 15.0 Å². The minimum absolute atomic E-state index is 0.489. The van der Waals surface area contributed by atoms with Crippen LogP contribution in [0.15, 0.2) is 198 Å². The first-order valence-electron chi connectivity index (χ1n) is 16.8. The van der Waals surface area contributed by atoms with E-state index >= 15 is 0 Å². The van der Waals surface area contributed by atoms with Gasteiger partial charge in [0.2, 0.25) is 0 Å². The van der Waals surface area contributed by atoms with Crippen LogP contribution in [0, 0.1) is 0 Å². The standard InChI is InChI=1S/C46H31N3S/c1-5-17-32(18-6-1)43-47-44(33-19-7-2-8-20-33)49-45(48-43)35-22-15-21-34(31-35)38-27-16-29-40-42(38)50-41-30-14-13-28-39(41)46(40,36-23-9-3-10-24-36)37-25-11-4-12-26-37/h1-31H. The molecule has 1 aliphatic heterocycles. The van der Waals surface area contributed by atoms with Crippen LogP contribution in [-0.4, -0.2) is 15.0 Å². The average Bonchev–Trinajstić information content (AvgIpc) is 3.21. The molecule has 2 heterocycles. The summed E-state index contributed by atoms with van der Waals surface area (Å²) < 4.78 is 0. The van der Waals surface area contributed by atoms with Crippen LogP contribution in [0.1, 0.15) is 22.3 Å². The molecule has 0 N–H and O–H groups in total. The zero-order valence-corrected chi connectivity index (χ0v) is 28.0. The number of aromatic nitrogens is 3. The van der Waals surface area contributed by atoms with E-state index in [1.54, 1.807) is 0 Å². The quantitative estimate of drug-likeness (QED) is 0.178. The molecule has 0 radical (unpaired) electrons. The third-order valence-electron chi connectivity index (χ3n) is 9.47. The Balaban J connectivity index is 1.25. The van der Waals surface area contributed by atoms with Crippen LogP contribution >= 0.6 is 11.8 Å². The maximum Gasteiger partial charge on any atom is 0.164 e. The van der Waals surface area contributed by atoms with Gasteiger partial charge in [-0.25, -0.2) is 15.0 Å². The smallest absolute Gasteiger partial charge is 0.164 e. The Hall–Kier alpha value is -6.10. The first kappa shape index (κ1) is 30.0. The van der Waals surface area contributed by atoms with E-state index in [-0.39, 0.29) is 0 Å². The van der Waals surface area contributed by atoms with Gasteiger partial charge in [0.05, 0.1) is 5.41 Å². The van der Waals surface area contributed by atoms with E-state index < -0.39 is 5.41 Å². The lowest BCUT2D eigenvalue weighted by Gasteiger charge is -2.42. The molecular formula is C46H31N3S. The van der Waals surface area contributed by atoms with Crippen molar-refractivity contribution in [3.63, 3.8) is 0 Å². The number of hydrogen-bond acceptors (Lipinski definition) is 4. The van der Waals surface area contributed by atoms with Gasteiger partial charge in [0.25, 0.3) is 0 Å². The van der Waals surface area contributed by atoms with E-state index in [0.29, 0.717) is 17.5 Å². The molecule has 1 aliphatic rings. The summed E-state index contributed by atoms with van der Waals surface area (Å²) in [5.74, 6) is 1.95. The van der Waals surface area contributed by atoms with Gasteiger partial charge in [-0.2, -0.15) is 0 Å². The first-order valence-corrected chi connectivity index (χ1v) is 17.6. The summed E-state index contributed by atoms with van der Waals surface area (Å²) in [5.41, 5.74) is 9.73. The molecule has 9 rings (SSSR count). The zero-order chi connectivity index (χ0) is 33.3. The normalized spacial score (nSPS) is 12.9. The van der Waals surface area contributed by atoms with Crippen molar-refractivity contribution >= 4 is 11.8 Å². The molecule has 4 heteroatoms. The van der Waals surface area contributed by atoms with Gasteiger partial charge >= 0.3 is 0 Å². The molecule has 0 fully saturated rings. The highest BCUT2D eigenvalue weighted by atomic mass is 32.2. The highest BCUT2D eigenvalue weighted by molar-refractivity contribution is 7.99. The monoisotopic (exact) mass is 657 g/mol. The molecule has 0 saturated carbocycles. The highest BCUT2D eigenvalue weighted by Crippen LogP contribution is 2.57. The van der Waals surface area contributed by atoms with Crippen molar-refractivity contribution in [2.24, 2.45) is 0 Å². The lowest BCUT2D eigenvalue weighted by atomic mass is 9.64. The Labute approximate surface area is 296 Å². The van der Waals surface area contributed by atoms with Crippen molar-refractivity contribution in [3.05, 3.63) is 210 Å². The van der Waals surface area contributed by atoms with Crippen molar-refractivity contribution in [1.82, 2.24) is 15.0 Å². The van der Waals surface area contributed by atoms with Crippen LogP contribution in [0.2, 0.25) is 0 Å². The largest absolute Gasteiger partial charge is 0.208 e. The molecule has 0 amide bonds. The zero-order valence-electron chi connectivity index (χ0n) is 27.1. The first-order chi connectivity index (χ1) is 24.8. The summed E-state index contributed by atoms with van der Waals surface area (Å²) in [7, 11) is 0. The van der Waals surface area contributed by atoms with Crippen molar-refractivity contribution in [2.75, 3.05) is 0 Å². The molecule has 8 aromatic rings. The second-order valence-electron chi connectivity index (χ2n) is 12.4. The van der Waals surface area contributed by atoms with E-state index in [0.717, 1.165) is 22.3 Å². The molecule has 0 unspecified atom stereocenters. The molecule has 0 saturated heterocycles. The van der Waals surface area contributed by atoms with E-state index in [2.05, 4.69) is 127 Å². The van der Waals surface area contributed by atoms with Gasteiger partial charge in [-0.3, -0.25) is 0 Å². The van der Waals surface area contributed by atoms with Gasteiger partial charge in [0.1, 0.15) is 0 Å². The second-order valence-corrected chi connectivity index (χ2v) is 13.4. The molecule has 0 bridgehead atoms. The average molecular weight is 658 g/mol. The SMILES string of the molecule is c1ccc(-c2nc(-c3ccccc3)nc(-c3cccc(-c4cccc5c4Sc4ccccc4C5(c4ccccc4)c4ccccc4)c3)n2)cc1. The molecule has 1 aromatic heterocycles. The van der Waals surface area contributed by atoms with Crippen molar-refractivity contribution in [1.29, 1.82) is 0 Å². The van der Waals surface area contributed by atoms with Gasteiger partial charge in [-0.15, -0.1) is 0 Å². The predicted molar refractivity (Wildman–Crippen MR) is 204 cm³/mol. The third-order valence-corrected chi connectivity index (χ3v) is 10.7. The molecule has 0 aliphatic carbocycles. The van der Waals surface area contributed by atoms with Crippen LogP contribution in [0.25, 0.3) is 45.3 Å². The topological polar surface area (TPSA) is 38.7 Å². The van der Waals surface area contributed by atoms with E-state index in [1.165, 1.54) is 37.6 Å². The third kappa shape index (κ3) is 5.13. The minimum atomic E-state index is -0.489. The molecule has 0 spiro atoms. The molecule has 236 valence electrons. The van der Waals surface area contributed by atoms with Crippen LogP contribution in [0.5, 0.6) is 0 Å². The Kier molecular flexibility index (Phi) is 7.64. The van der Waals surface area contributed by atoms with Crippen LogP contribution in [-0.2, 0) is 5.41 Å². The van der Waals surface area contributed by atoms with Gasteiger partial charge in [0, 0.05) is 26.5 Å². The van der Waals surface area contributed by atoms with Gasteiger partial charge in [0.15, 0.2) is 17.5 Å². The second kappa shape index (κ2) is 12.7. The fourth-order valence-electron chi connectivity index (χ4n) is 7.22. The number of benzene rings is 7. The van der Waals surface area contributed by atoms with Crippen molar-refractivity contribution in [2.45, 2.75) is 15.2 Å². The minimum Gasteiger partial charge on any atom is -0.208 e. The molecule has 7 aromatic carbocycles. The fourth-order valence-corrected chi connectivity index (χ4v) is 8.54. The fraction of sp³-hybridized carbons (Fsp3) is 0.0217. The van der Waals surface area contributed by atoms with Gasteiger partial charge in [-0.1, -0.05) is 188 Å². The van der Waals surface area contributed by atoms with Gasteiger partial charge < -0.3 is 0 Å². The van der Waals surface area contributed by atoms with Crippen molar-refractivity contribution < 1.29 is 0 Å². The Morgan fingerprint density at radius 2 is 0.800 bits per heavy atom. The van der Waals surface area contributed by atoms with E-state index in [1.807, 2.05) is 72.4 Å². The Bertz CT molecular complexity index is 2350. The number of fused-ring (bicyclic) bond motifs is 2. The number of nitrogens with zero attached hydrogens (tertiary/aromatic N) is 3. The maximum absolute atomic E-state index is 5.03. The summed E-state index contributed by atoms with van der Waals surface area (Å²) in [6.07, 6.45) is 0. The van der Waals surface area contributed by atoms with Crippen molar-refractivity contribution in [3.8, 4) is 45.3 Å². The Morgan fingerprint density at radius 3 is 1.40 bits per heavy atom. The lowest BCUT2D eigenvalue weighted by molar-refractivity contribution is 0.703. The summed E-state index contributed by atoms with van der Waals surface area (Å²) in [6.45, 7) is 0. The van der Waals surface area contributed by atoms with Crippen LogP contribution in [0.3, 0.4) is 0 Å². The number of rotatable bonds is 6. The maximum atomic E-state index is 5.03.